The molecule has 0 unspecified atom stereocenters. The van der Waals surface area contributed by atoms with Gasteiger partial charge < -0.3 is 9.64 Å². The Kier molecular flexibility index (Phi) is 4.11. The molecular weight excluding hydrogens is 274 g/mol. The van der Waals surface area contributed by atoms with Gasteiger partial charge in [0.25, 0.3) is 0 Å². The first kappa shape index (κ1) is 14.2. The van der Waals surface area contributed by atoms with Crippen molar-refractivity contribution in [2.45, 2.75) is 0 Å². The lowest BCUT2D eigenvalue weighted by Crippen LogP contribution is -2.01. The molecule has 2 rings (SSSR count). The lowest BCUT2D eigenvalue weighted by Gasteiger charge is -2.11. The fourth-order valence-corrected chi connectivity index (χ4v) is 2.20. The molecule has 102 valence electrons. The fraction of sp³-hybridized carbons (Fsp3) is 0.200. The average molecular weight is 288 g/mol. The largest absolute Gasteiger partial charge is 0.480 e. The first-order chi connectivity index (χ1) is 9.58. The Balaban J connectivity index is 2.87. The minimum Gasteiger partial charge on any atom is -0.480 e. The van der Waals surface area contributed by atoms with Gasteiger partial charge >= 0.3 is 0 Å². The van der Waals surface area contributed by atoms with Crippen LogP contribution in [0.1, 0.15) is 11.1 Å². The van der Waals surface area contributed by atoms with E-state index in [4.69, 9.17) is 16.3 Å². The van der Waals surface area contributed by atoms with E-state index < -0.39 is 0 Å². The van der Waals surface area contributed by atoms with Gasteiger partial charge in [-0.25, -0.2) is 4.98 Å². The van der Waals surface area contributed by atoms with E-state index in [1.54, 1.807) is 6.07 Å². The van der Waals surface area contributed by atoms with Crippen molar-refractivity contribution in [2.75, 3.05) is 21.2 Å². The van der Waals surface area contributed by atoms with Gasteiger partial charge in [-0.05, 0) is 24.4 Å². The van der Waals surface area contributed by atoms with E-state index in [9.17, 15) is 5.26 Å². The van der Waals surface area contributed by atoms with Gasteiger partial charge in [0.15, 0.2) is 0 Å². The van der Waals surface area contributed by atoms with Crippen LogP contribution in [0.2, 0.25) is 5.02 Å². The molecule has 1 aromatic heterocycles. The molecule has 0 atom stereocenters. The maximum absolute atomic E-state index is 9.39. The quantitative estimate of drug-likeness (QED) is 0.869. The monoisotopic (exact) mass is 287 g/mol. The Morgan fingerprint density at radius 1 is 1.40 bits per heavy atom. The van der Waals surface area contributed by atoms with Crippen molar-refractivity contribution in [2.24, 2.45) is 0 Å². The van der Waals surface area contributed by atoms with Crippen LogP contribution in [0.5, 0.6) is 5.88 Å². The third kappa shape index (κ3) is 2.54. The highest BCUT2D eigenvalue weighted by atomic mass is 35.5. The van der Waals surface area contributed by atoms with E-state index in [0.29, 0.717) is 27.5 Å². The molecule has 1 aromatic carbocycles. The molecule has 4 nitrogen and oxygen atoms in total. The van der Waals surface area contributed by atoms with Crippen molar-refractivity contribution in [1.82, 2.24) is 9.88 Å². The molecule has 0 saturated heterocycles. The number of rotatable bonds is 3. The Morgan fingerprint density at radius 2 is 2.15 bits per heavy atom. The molecule has 0 bridgehead atoms. The highest BCUT2D eigenvalue weighted by molar-refractivity contribution is 6.36. The van der Waals surface area contributed by atoms with Crippen LogP contribution in [0.4, 0.5) is 0 Å². The van der Waals surface area contributed by atoms with Crippen molar-refractivity contribution < 1.29 is 4.74 Å². The van der Waals surface area contributed by atoms with E-state index in [2.05, 4.69) is 11.1 Å². The minimum atomic E-state index is 0.306. The van der Waals surface area contributed by atoms with E-state index in [1.165, 1.54) is 7.11 Å². The number of nitrogens with zero attached hydrogens (tertiary/aromatic N) is 3. The van der Waals surface area contributed by atoms with Crippen LogP contribution in [0.15, 0.2) is 24.4 Å². The number of nitriles is 1. The van der Waals surface area contributed by atoms with Gasteiger partial charge in [-0.1, -0.05) is 17.7 Å². The molecule has 0 radical (unpaired) electrons. The first-order valence-electron chi connectivity index (χ1n) is 5.99. The van der Waals surface area contributed by atoms with Gasteiger partial charge in [0.05, 0.1) is 17.6 Å². The second kappa shape index (κ2) is 5.81. The Labute approximate surface area is 122 Å². The number of hydrogen-bond donors (Lipinski definition) is 0. The van der Waals surface area contributed by atoms with E-state index in [0.717, 1.165) is 5.39 Å². The van der Waals surface area contributed by atoms with Gasteiger partial charge in [0, 0.05) is 25.0 Å². The zero-order valence-electron chi connectivity index (χ0n) is 11.5. The highest BCUT2D eigenvalue weighted by Gasteiger charge is 2.15. The summed E-state index contributed by atoms with van der Waals surface area (Å²) < 4.78 is 5.21. The standard InChI is InChI=1S/C15H14ClN3O/c1-19(2)8-7-10-11(9-17)15(20-3)18-13-6-4-5-12(16)14(10)13/h4-8H,1-3H3. The van der Waals surface area contributed by atoms with Crippen molar-refractivity contribution >= 4 is 28.6 Å². The normalized spacial score (nSPS) is 10.8. The van der Waals surface area contributed by atoms with Crippen molar-refractivity contribution in [1.29, 1.82) is 5.26 Å². The molecule has 0 aliphatic heterocycles. The summed E-state index contributed by atoms with van der Waals surface area (Å²) in [7, 11) is 5.31. The van der Waals surface area contributed by atoms with Crippen LogP contribution in [0, 0.1) is 11.3 Å². The zero-order valence-corrected chi connectivity index (χ0v) is 12.3. The summed E-state index contributed by atoms with van der Waals surface area (Å²) in [6.07, 6.45) is 3.70. The molecular formula is C15H14ClN3O. The summed E-state index contributed by atoms with van der Waals surface area (Å²) in [6.45, 7) is 0. The number of pyridine rings is 1. The zero-order chi connectivity index (χ0) is 14.7. The summed E-state index contributed by atoms with van der Waals surface area (Å²) >= 11 is 6.26. The number of fused-ring (bicyclic) bond motifs is 1. The SMILES string of the molecule is COc1nc2cccc(Cl)c2c(C=CN(C)C)c1C#N. The van der Waals surface area contributed by atoms with Crippen LogP contribution < -0.4 is 4.74 Å². The summed E-state index contributed by atoms with van der Waals surface area (Å²) in [5, 5.41) is 10.7. The maximum atomic E-state index is 9.39. The number of aromatic nitrogens is 1. The molecule has 5 heteroatoms. The second-order valence-corrected chi connectivity index (χ2v) is 4.84. The van der Waals surface area contributed by atoms with E-state index >= 15 is 0 Å². The van der Waals surface area contributed by atoms with Crippen LogP contribution in [0.25, 0.3) is 17.0 Å². The number of hydrogen-bond acceptors (Lipinski definition) is 4. The van der Waals surface area contributed by atoms with E-state index in [1.807, 2.05) is 43.4 Å². The van der Waals surface area contributed by atoms with Gasteiger partial charge in [-0.2, -0.15) is 5.26 Å². The molecule has 0 aliphatic rings. The second-order valence-electron chi connectivity index (χ2n) is 4.43. The van der Waals surface area contributed by atoms with Crippen LogP contribution in [-0.2, 0) is 0 Å². The van der Waals surface area contributed by atoms with Gasteiger partial charge in [0.1, 0.15) is 11.6 Å². The topological polar surface area (TPSA) is 49.1 Å². The lowest BCUT2D eigenvalue weighted by atomic mass is 10.0. The first-order valence-corrected chi connectivity index (χ1v) is 6.37. The number of methoxy groups -OCH3 is 1. The third-order valence-electron chi connectivity index (χ3n) is 2.81. The van der Waals surface area contributed by atoms with Crippen LogP contribution >= 0.6 is 11.6 Å². The Hall–Kier alpha value is -2.25. The highest BCUT2D eigenvalue weighted by Crippen LogP contribution is 2.33. The third-order valence-corrected chi connectivity index (χ3v) is 3.13. The van der Waals surface area contributed by atoms with Crippen molar-refractivity contribution in [3.63, 3.8) is 0 Å². The van der Waals surface area contributed by atoms with Crippen LogP contribution in [0.3, 0.4) is 0 Å². The van der Waals surface area contributed by atoms with Gasteiger partial charge in [-0.3, -0.25) is 0 Å². The summed E-state index contributed by atoms with van der Waals surface area (Å²) in [6, 6.07) is 7.59. The average Bonchev–Trinajstić information content (AvgIpc) is 2.43. The predicted molar refractivity (Wildman–Crippen MR) is 80.7 cm³/mol. The molecule has 0 spiro atoms. The van der Waals surface area contributed by atoms with E-state index in [-0.39, 0.29) is 0 Å². The molecule has 0 saturated carbocycles. The van der Waals surface area contributed by atoms with Crippen LogP contribution in [-0.4, -0.2) is 31.1 Å². The number of ether oxygens (including phenoxy) is 1. The predicted octanol–water partition coefficient (Wildman–Crippen LogP) is 3.30. The molecule has 0 fully saturated rings. The molecule has 1 heterocycles. The fourth-order valence-electron chi connectivity index (χ4n) is 1.92. The summed E-state index contributed by atoms with van der Waals surface area (Å²) in [5.41, 5.74) is 1.80. The summed E-state index contributed by atoms with van der Waals surface area (Å²) in [5.74, 6) is 0.306. The number of halogens is 1. The van der Waals surface area contributed by atoms with Gasteiger partial charge in [0.2, 0.25) is 5.88 Å². The minimum absolute atomic E-state index is 0.306. The Bertz CT molecular complexity index is 717. The van der Waals surface area contributed by atoms with Crippen molar-refractivity contribution in [3.05, 3.63) is 40.5 Å². The summed E-state index contributed by atoms with van der Waals surface area (Å²) in [4.78, 5) is 6.22. The molecule has 20 heavy (non-hydrogen) atoms. The molecule has 0 N–H and O–H groups in total. The number of benzene rings is 1. The Morgan fingerprint density at radius 3 is 2.75 bits per heavy atom. The molecule has 2 aromatic rings. The molecule has 0 aliphatic carbocycles. The molecule has 0 amide bonds. The van der Waals surface area contributed by atoms with Crippen molar-refractivity contribution in [3.8, 4) is 11.9 Å². The maximum Gasteiger partial charge on any atom is 0.232 e. The smallest absolute Gasteiger partial charge is 0.232 e. The van der Waals surface area contributed by atoms with Gasteiger partial charge in [-0.15, -0.1) is 0 Å². The lowest BCUT2D eigenvalue weighted by molar-refractivity contribution is 0.398.